The minimum absolute atomic E-state index is 0.0327. The van der Waals surface area contributed by atoms with Crippen molar-refractivity contribution in [2.24, 2.45) is 5.92 Å². The highest BCUT2D eigenvalue weighted by molar-refractivity contribution is 5.94. The molecular formula is C21H33N3O5. The minimum atomic E-state index is -0.739. The summed E-state index contributed by atoms with van der Waals surface area (Å²) in [5.74, 6) is -0.105. The number of hydrogen-bond acceptors (Lipinski definition) is 5. The van der Waals surface area contributed by atoms with Crippen LogP contribution in [0.2, 0.25) is 0 Å². The predicted octanol–water partition coefficient (Wildman–Crippen LogP) is 1.40. The Morgan fingerprint density at radius 3 is 2.52 bits per heavy atom. The maximum absolute atomic E-state index is 13.1. The van der Waals surface area contributed by atoms with Gasteiger partial charge in [-0.2, -0.15) is 0 Å². The number of Topliss-reactive ketones (excluding diaryl/α,β-unsaturated/α-hetero) is 1. The summed E-state index contributed by atoms with van der Waals surface area (Å²) in [5, 5.41) is 5.72. The molecule has 0 spiro atoms. The summed E-state index contributed by atoms with van der Waals surface area (Å²) in [5.41, 5.74) is 0. The normalized spacial score (nSPS) is 27.2. The fourth-order valence-electron chi connectivity index (χ4n) is 4.34. The molecule has 8 nitrogen and oxygen atoms in total. The van der Waals surface area contributed by atoms with Crippen LogP contribution in [0.4, 0.5) is 4.79 Å². The van der Waals surface area contributed by atoms with Crippen LogP contribution in [0, 0.1) is 5.92 Å². The molecule has 29 heavy (non-hydrogen) atoms. The minimum Gasteiger partial charge on any atom is -0.378 e. The molecule has 3 atom stereocenters. The van der Waals surface area contributed by atoms with Gasteiger partial charge >= 0.3 is 6.03 Å². The van der Waals surface area contributed by atoms with Gasteiger partial charge in [-0.15, -0.1) is 6.58 Å². The van der Waals surface area contributed by atoms with Crippen LogP contribution in [0.1, 0.15) is 44.9 Å². The third-order valence-corrected chi connectivity index (χ3v) is 6.08. The third kappa shape index (κ3) is 6.02. The van der Waals surface area contributed by atoms with Gasteiger partial charge in [0.1, 0.15) is 24.8 Å². The molecule has 0 aromatic rings. The van der Waals surface area contributed by atoms with E-state index in [2.05, 4.69) is 17.2 Å². The number of nitrogens with zero attached hydrogens (tertiary/aromatic N) is 1. The highest BCUT2D eigenvalue weighted by Crippen LogP contribution is 2.27. The molecule has 2 heterocycles. The van der Waals surface area contributed by atoms with E-state index in [1.807, 2.05) is 0 Å². The van der Waals surface area contributed by atoms with E-state index in [4.69, 9.17) is 9.47 Å². The van der Waals surface area contributed by atoms with Crippen molar-refractivity contribution in [3.63, 3.8) is 0 Å². The van der Waals surface area contributed by atoms with Crippen molar-refractivity contribution in [2.75, 3.05) is 32.9 Å². The topological polar surface area (TPSA) is 97.0 Å². The monoisotopic (exact) mass is 407 g/mol. The van der Waals surface area contributed by atoms with Crippen LogP contribution in [-0.4, -0.2) is 73.7 Å². The average molecular weight is 408 g/mol. The summed E-state index contributed by atoms with van der Waals surface area (Å²) in [4.78, 5) is 39.6. The Kier molecular flexibility index (Phi) is 8.06. The number of ether oxygens (including phenoxy) is 2. The molecule has 0 aromatic carbocycles. The first-order chi connectivity index (χ1) is 14.1. The van der Waals surface area contributed by atoms with Gasteiger partial charge in [-0.3, -0.25) is 9.59 Å². The number of rotatable bonds is 6. The van der Waals surface area contributed by atoms with Gasteiger partial charge < -0.3 is 25.0 Å². The van der Waals surface area contributed by atoms with Crippen LogP contribution in [-0.2, 0) is 19.1 Å². The van der Waals surface area contributed by atoms with Gasteiger partial charge in [0.2, 0.25) is 5.91 Å². The van der Waals surface area contributed by atoms with Gasteiger partial charge in [0, 0.05) is 13.1 Å². The van der Waals surface area contributed by atoms with Crippen molar-refractivity contribution in [1.29, 1.82) is 0 Å². The molecule has 3 amide bonds. The maximum Gasteiger partial charge on any atom is 0.318 e. The van der Waals surface area contributed by atoms with Gasteiger partial charge in [0.15, 0.2) is 5.78 Å². The van der Waals surface area contributed by atoms with Gasteiger partial charge in [0.25, 0.3) is 0 Å². The van der Waals surface area contributed by atoms with Crippen molar-refractivity contribution in [3.8, 4) is 0 Å². The van der Waals surface area contributed by atoms with Crippen molar-refractivity contribution < 1.29 is 23.9 Å². The Labute approximate surface area is 172 Å². The third-order valence-electron chi connectivity index (χ3n) is 6.08. The molecule has 3 fully saturated rings. The fourth-order valence-corrected chi connectivity index (χ4v) is 4.34. The molecule has 3 aliphatic rings. The number of carbonyl (C=O) groups excluding carboxylic acids is 3. The summed E-state index contributed by atoms with van der Waals surface area (Å²) in [6, 6.07) is -1.67. The lowest BCUT2D eigenvalue weighted by Crippen LogP contribution is -2.56. The summed E-state index contributed by atoms with van der Waals surface area (Å²) < 4.78 is 10.7. The first kappa shape index (κ1) is 21.8. The van der Waals surface area contributed by atoms with E-state index in [0.29, 0.717) is 38.6 Å². The van der Waals surface area contributed by atoms with E-state index in [1.54, 1.807) is 4.90 Å². The number of ketones is 1. The van der Waals surface area contributed by atoms with Crippen LogP contribution < -0.4 is 10.6 Å². The number of hydrogen-bond donors (Lipinski definition) is 2. The first-order valence-electron chi connectivity index (χ1n) is 10.8. The molecule has 1 unspecified atom stereocenters. The molecule has 2 N–H and O–H groups in total. The van der Waals surface area contributed by atoms with Crippen LogP contribution in [0.25, 0.3) is 0 Å². The quantitative estimate of drug-likeness (QED) is 0.512. The molecule has 2 saturated heterocycles. The predicted molar refractivity (Wildman–Crippen MR) is 107 cm³/mol. The molecule has 0 bridgehead atoms. The van der Waals surface area contributed by atoms with Crippen LogP contribution >= 0.6 is 0 Å². The zero-order chi connectivity index (χ0) is 20.6. The van der Waals surface area contributed by atoms with Gasteiger partial charge in [0.05, 0.1) is 13.2 Å². The zero-order valence-corrected chi connectivity index (χ0v) is 17.1. The largest absolute Gasteiger partial charge is 0.378 e. The summed E-state index contributed by atoms with van der Waals surface area (Å²) in [6.45, 7) is 5.67. The highest BCUT2D eigenvalue weighted by Gasteiger charge is 2.37. The molecule has 3 rings (SSSR count). The van der Waals surface area contributed by atoms with E-state index in [9.17, 15) is 14.4 Å². The molecular weight excluding hydrogens is 374 g/mol. The van der Waals surface area contributed by atoms with Crippen molar-refractivity contribution in [1.82, 2.24) is 15.5 Å². The summed E-state index contributed by atoms with van der Waals surface area (Å²) in [7, 11) is 0. The number of nitrogens with one attached hydrogen (secondary N) is 2. The fraction of sp³-hybridized carbons (Fsp3) is 0.762. The number of carbonyl (C=O) groups is 3. The second kappa shape index (κ2) is 10.7. The molecule has 1 aliphatic carbocycles. The Hall–Kier alpha value is -1.93. The lowest BCUT2D eigenvalue weighted by molar-refractivity contribution is -0.127. The van der Waals surface area contributed by atoms with Gasteiger partial charge in [-0.25, -0.2) is 4.79 Å². The summed E-state index contributed by atoms with van der Waals surface area (Å²) >= 11 is 0. The number of amides is 3. The van der Waals surface area contributed by atoms with E-state index in [1.165, 1.54) is 18.9 Å². The maximum atomic E-state index is 13.1. The van der Waals surface area contributed by atoms with Gasteiger partial charge in [-0.1, -0.05) is 44.6 Å². The number of urea groups is 1. The van der Waals surface area contributed by atoms with Crippen molar-refractivity contribution in [3.05, 3.63) is 12.7 Å². The van der Waals surface area contributed by atoms with Crippen LogP contribution in [0.5, 0.6) is 0 Å². The van der Waals surface area contributed by atoms with Crippen LogP contribution in [0.15, 0.2) is 12.7 Å². The lowest BCUT2D eigenvalue weighted by Gasteiger charge is -2.30. The molecule has 8 heteroatoms. The molecule has 162 valence electrons. The lowest BCUT2D eigenvalue weighted by atomic mass is 9.92. The van der Waals surface area contributed by atoms with E-state index in [0.717, 1.165) is 25.7 Å². The second-order valence-electron chi connectivity index (χ2n) is 8.16. The molecule has 1 saturated carbocycles. The SMILES string of the molecule is C=C[C@@H]1OCC(=O)C1NC(=O)[C@H](CC1CCCCCC1)NC(=O)N1CCOCC1. The van der Waals surface area contributed by atoms with E-state index >= 15 is 0 Å². The van der Waals surface area contributed by atoms with Crippen LogP contribution in [0.3, 0.4) is 0 Å². The molecule has 0 aromatic heterocycles. The smallest absolute Gasteiger partial charge is 0.318 e. The average Bonchev–Trinajstić information content (AvgIpc) is 2.92. The number of morpholine rings is 1. The Morgan fingerprint density at radius 2 is 1.86 bits per heavy atom. The molecule has 0 radical (unpaired) electrons. The van der Waals surface area contributed by atoms with E-state index in [-0.39, 0.29) is 24.3 Å². The highest BCUT2D eigenvalue weighted by atomic mass is 16.5. The Morgan fingerprint density at radius 1 is 1.17 bits per heavy atom. The summed E-state index contributed by atoms with van der Waals surface area (Å²) in [6.07, 6.45) is 8.49. The Bertz CT molecular complexity index is 597. The second-order valence-corrected chi connectivity index (χ2v) is 8.16. The zero-order valence-electron chi connectivity index (χ0n) is 17.1. The first-order valence-corrected chi connectivity index (χ1v) is 10.8. The van der Waals surface area contributed by atoms with Gasteiger partial charge in [-0.05, 0) is 12.3 Å². The van der Waals surface area contributed by atoms with Crippen molar-refractivity contribution in [2.45, 2.75) is 63.1 Å². The van der Waals surface area contributed by atoms with Crippen molar-refractivity contribution >= 4 is 17.7 Å². The molecule has 2 aliphatic heterocycles. The van der Waals surface area contributed by atoms with E-state index < -0.39 is 18.2 Å². The standard InChI is InChI=1S/C21H33N3O5/c1-2-18-19(17(25)14-29-18)23-20(26)16(13-15-7-5-3-4-6-8-15)22-21(27)24-9-11-28-12-10-24/h2,15-16,18-19H,1,3-14H2,(H,22,27)(H,23,26)/t16-,18-,19?/m0/s1. The Balaban J connectivity index is 1.66.